The number of anilines is 1. The van der Waals surface area contributed by atoms with Crippen molar-refractivity contribution in [1.82, 2.24) is 19.7 Å². The van der Waals surface area contributed by atoms with Crippen molar-refractivity contribution in [3.8, 4) is 5.75 Å². The number of benzene rings is 1. The van der Waals surface area contributed by atoms with Gasteiger partial charge in [-0.2, -0.15) is 0 Å². The molecule has 1 aliphatic carbocycles. The number of ether oxygens (including phenoxy) is 1. The Morgan fingerprint density at radius 3 is 2.81 bits per heavy atom. The van der Waals surface area contributed by atoms with E-state index in [2.05, 4.69) is 39.3 Å². The van der Waals surface area contributed by atoms with Crippen molar-refractivity contribution in [3.63, 3.8) is 0 Å². The summed E-state index contributed by atoms with van der Waals surface area (Å²) in [6.07, 6.45) is 6.28. The monoisotopic (exact) mass is 457 g/mol. The highest BCUT2D eigenvalue weighted by molar-refractivity contribution is 7.98. The molecule has 1 N–H and O–H groups in total. The van der Waals surface area contributed by atoms with Crippen molar-refractivity contribution >= 4 is 28.8 Å². The molecule has 0 bridgehead atoms. The zero-order chi connectivity index (χ0) is 21.6. The van der Waals surface area contributed by atoms with Gasteiger partial charge < -0.3 is 14.6 Å². The smallest absolute Gasteiger partial charge is 0.191 e. The average Bonchev–Trinajstić information content (AvgIpc) is 3.44. The lowest BCUT2D eigenvalue weighted by molar-refractivity contribution is 0.330. The van der Waals surface area contributed by atoms with Crippen molar-refractivity contribution in [1.29, 1.82) is 0 Å². The maximum absolute atomic E-state index is 5.34. The minimum Gasteiger partial charge on any atom is -0.497 e. The Labute approximate surface area is 192 Å². The predicted molar refractivity (Wildman–Crippen MR) is 128 cm³/mol. The first-order chi connectivity index (χ1) is 15.1. The van der Waals surface area contributed by atoms with E-state index in [1.807, 2.05) is 24.3 Å². The maximum Gasteiger partial charge on any atom is 0.191 e. The summed E-state index contributed by atoms with van der Waals surface area (Å²) in [5.74, 6) is 3.15. The van der Waals surface area contributed by atoms with Crippen LogP contribution in [0.15, 0.2) is 34.8 Å². The molecule has 1 saturated carbocycles. The topological polar surface area (TPSA) is 64.9 Å². The second-order valence-electron chi connectivity index (χ2n) is 8.27. The first-order valence-corrected chi connectivity index (χ1v) is 12.9. The maximum atomic E-state index is 5.34. The van der Waals surface area contributed by atoms with Crippen LogP contribution in [0.3, 0.4) is 0 Å². The van der Waals surface area contributed by atoms with Crippen molar-refractivity contribution in [2.24, 2.45) is 0 Å². The quantitative estimate of drug-likeness (QED) is 0.382. The van der Waals surface area contributed by atoms with Gasteiger partial charge in [0.1, 0.15) is 5.75 Å². The summed E-state index contributed by atoms with van der Waals surface area (Å²) in [4.78, 5) is 4.78. The molecule has 0 atom stereocenters. The van der Waals surface area contributed by atoms with Crippen molar-refractivity contribution in [3.05, 3.63) is 46.2 Å². The molecule has 6 nitrogen and oxygen atoms in total. The molecule has 0 radical (unpaired) electrons. The van der Waals surface area contributed by atoms with E-state index in [0.29, 0.717) is 18.5 Å². The fourth-order valence-corrected chi connectivity index (χ4v) is 5.80. The van der Waals surface area contributed by atoms with Gasteiger partial charge in [-0.15, -0.1) is 21.5 Å². The molecule has 2 aromatic heterocycles. The average molecular weight is 458 g/mol. The van der Waals surface area contributed by atoms with E-state index in [4.69, 9.17) is 9.72 Å². The number of methoxy groups -OCH3 is 1. The molecule has 3 aromatic rings. The zero-order valence-corrected chi connectivity index (χ0v) is 20.1. The molecule has 8 heteroatoms. The normalized spacial score (nSPS) is 14.8. The van der Waals surface area contributed by atoms with Crippen LogP contribution in [-0.2, 0) is 12.3 Å². The van der Waals surface area contributed by atoms with Gasteiger partial charge in [0, 0.05) is 34.8 Å². The van der Waals surface area contributed by atoms with Gasteiger partial charge in [-0.1, -0.05) is 50.9 Å². The number of nitrogens with zero attached hydrogens (tertiary/aromatic N) is 4. The van der Waals surface area contributed by atoms with Crippen molar-refractivity contribution in [2.75, 3.05) is 12.4 Å². The van der Waals surface area contributed by atoms with Crippen LogP contribution < -0.4 is 10.1 Å². The lowest BCUT2D eigenvalue weighted by Gasteiger charge is -2.25. The standard InChI is InChI=1S/C23H31N5OS2/c1-16(2)22-25-18(14-30-22)15-31-23-27-26-21(28(23)19-9-5-4-6-10-19)13-24-17-8-7-11-20(12-17)29-3/h7-8,11-12,14,16,19,24H,4-6,9-10,13,15H2,1-3H3. The highest BCUT2D eigenvalue weighted by Crippen LogP contribution is 2.34. The van der Waals surface area contributed by atoms with E-state index >= 15 is 0 Å². The molecule has 0 spiro atoms. The molecule has 1 aliphatic rings. The fourth-order valence-electron chi connectivity index (χ4n) is 3.94. The number of thiazole rings is 1. The highest BCUT2D eigenvalue weighted by atomic mass is 32.2. The van der Waals surface area contributed by atoms with Crippen LogP contribution in [0.5, 0.6) is 5.75 Å². The van der Waals surface area contributed by atoms with Crippen LogP contribution in [0.25, 0.3) is 0 Å². The summed E-state index contributed by atoms with van der Waals surface area (Å²) >= 11 is 3.50. The molecule has 1 fully saturated rings. The van der Waals surface area contributed by atoms with Crippen molar-refractivity contribution < 1.29 is 4.74 Å². The third kappa shape index (κ3) is 5.60. The lowest BCUT2D eigenvalue weighted by atomic mass is 9.95. The van der Waals surface area contributed by atoms with E-state index in [9.17, 15) is 0 Å². The molecular weight excluding hydrogens is 426 g/mol. The van der Waals surface area contributed by atoms with E-state index in [-0.39, 0.29) is 0 Å². The van der Waals surface area contributed by atoms with Gasteiger partial charge in [0.05, 0.1) is 24.4 Å². The number of nitrogens with one attached hydrogen (secondary N) is 1. The third-order valence-electron chi connectivity index (χ3n) is 5.61. The largest absolute Gasteiger partial charge is 0.497 e. The molecule has 0 unspecified atom stereocenters. The third-order valence-corrected chi connectivity index (χ3v) is 7.78. The van der Waals surface area contributed by atoms with Crippen LogP contribution in [0.2, 0.25) is 0 Å². The Morgan fingerprint density at radius 2 is 2.06 bits per heavy atom. The van der Waals surface area contributed by atoms with E-state index in [0.717, 1.165) is 33.9 Å². The summed E-state index contributed by atoms with van der Waals surface area (Å²) in [5, 5.41) is 17.0. The van der Waals surface area contributed by atoms with Gasteiger partial charge >= 0.3 is 0 Å². The Morgan fingerprint density at radius 1 is 1.23 bits per heavy atom. The van der Waals surface area contributed by atoms with Gasteiger partial charge in [-0.05, 0) is 25.0 Å². The van der Waals surface area contributed by atoms with E-state index in [1.54, 1.807) is 30.2 Å². The molecule has 2 heterocycles. The number of hydrogen-bond donors (Lipinski definition) is 1. The van der Waals surface area contributed by atoms with E-state index in [1.165, 1.54) is 37.1 Å². The first-order valence-electron chi connectivity index (χ1n) is 11.0. The summed E-state index contributed by atoms with van der Waals surface area (Å²) in [7, 11) is 1.69. The Hall–Kier alpha value is -2.06. The molecule has 4 rings (SSSR count). The Kier molecular flexibility index (Phi) is 7.50. The summed E-state index contributed by atoms with van der Waals surface area (Å²) in [5.41, 5.74) is 2.16. The lowest BCUT2D eigenvalue weighted by Crippen LogP contribution is -2.18. The number of hydrogen-bond acceptors (Lipinski definition) is 7. The number of thioether (sulfide) groups is 1. The molecule has 31 heavy (non-hydrogen) atoms. The van der Waals surface area contributed by atoms with E-state index < -0.39 is 0 Å². The van der Waals surface area contributed by atoms with Crippen LogP contribution in [0, 0.1) is 0 Å². The summed E-state index contributed by atoms with van der Waals surface area (Å²) in [6, 6.07) is 8.48. The minimum atomic E-state index is 0.476. The molecule has 1 aromatic carbocycles. The van der Waals surface area contributed by atoms with Crippen LogP contribution >= 0.6 is 23.1 Å². The van der Waals surface area contributed by atoms with Gasteiger partial charge in [-0.25, -0.2) is 4.98 Å². The SMILES string of the molecule is COc1cccc(NCc2nnc(SCc3csc(C(C)C)n3)n2C2CCCCC2)c1. The zero-order valence-electron chi connectivity index (χ0n) is 18.5. The second-order valence-corrected chi connectivity index (χ2v) is 10.1. The molecule has 166 valence electrons. The minimum absolute atomic E-state index is 0.476. The van der Waals surface area contributed by atoms with Crippen LogP contribution in [0.4, 0.5) is 5.69 Å². The van der Waals surface area contributed by atoms with Gasteiger partial charge in [-0.3, -0.25) is 0 Å². The summed E-state index contributed by atoms with van der Waals surface area (Å²) < 4.78 is 7.72. The Bertz CT molecular complexity index is 978. The second kappa shape index (κ2) is 10.5. The van der Waals surface area contributed by atoms with Gasteiger partial charge in [0.2, 0.25) is 0 Å². The number of rotatable bonds is 9. The Balaban J connectivity index is 1.50. The van der Waals surface area contributed by atoms with Crippen LogP contribution in [-0.4, -0.2) is 26.9 Å². The summed E-state index contributed by atoms with van der Waals surface area (Å²) in [6.45, 7) is 5.03. The van der Waals surface area contributed by atoms with Crippen LogP contribution in [0.1, 0.15) is 74.4 Å². The molecular formula is C23H31N5OS2. The molecule has 0 amide bonds. The highest BCUT2D eigenvalue weighted by Gasteiger charge is 2.23. The fraction of sp³-hybridized carbons (Fsp3) is 0.522. The molecule has 0 aliphatic heterocycles. The van der Waals surface area contributed by atoms with Crippen molar-refractivity contribution in [2.45, 2.75) is 75.4 Å². The van der Waals surface area contributed by atoms with Gasteiger partial charge in [0.15, 0.2) is 11.0 Å². The molecule has 0 saturated heterocycles. The predicted octanol–water partition coefficient (Wildman–Crippen LogP) is 6.28. The number of aromatic nitrogens is 4. The first kappa shape index (κ1) is 22.1. The van der Waals surface area contributed by atoms with Gasteiger partial charge in [0.25, 0.3) is 0 Å².